The molecule has 0 saturated heterocycles. The summed E-state index contributed by atoms with van der Waals surface area (Å²) in [7, 11) is -2.95. The Bertz CT molecular complexity index is 2530. The van der Waals surface area contributed by atoms with E-state index < -0.39 is 8.07 Å². The maximum atomic E-state index is 6.83. The first-order valence-electron chi connectivity index (χ1n) is 16.9. The molecule has 1 unspecified atom stereocenters. The fourth-order valence-corrected chi connectivity index (χ4v) is 12.6. The number of ether oxygens (including phenoxy) is 2. The van der Waals surface area contributed by atoms with Crippen LogP contribution in [0.25, 0.3) is 45.3 Å². The fourth-order valence-electron chi connectivity index (χ4n) is 7.46. The summed E-state index contributed by atoms with van der Waals surface area (Å²) >= 11 is 0. The van der Waals surface area contributed by atoms with Gasteiger partial charge in [-0.3, -0.25) is 4.98 Å². The Kier molecular flexibility index (Phi) is 6.72. The lowest BCUT2D eigenvalue weighted by atomic mass is 10.1. The van der Waals surface area contributed by atoms with E-state index in [9.17, 15) is 0 Å². The highest BCUT2D eigenvalue weighted by Gasteiger charge is 2.53. The number of hydrogen-bond donors (Lipinski definition) is 0. The zero-order valence-corrected chi connectivity index (χ0v) is 28.3. The highest BCUT2D eigenvalue weighted by Crippen LogP contribution is 2.38. The first kappa shape index (κ1) is 29.2. The van der Waals surface area contributed by atoms with E-state index in [0.29, 0.717) is 17.5 Å². The number of fused-ring (bicyclic) bond motifs is 8. The van der Waals surface area contributed by atoms with Gasteiger partial charge in [-0.15, -0.1) is 0 Å². The molecule has 51 heavy (non-hydrogen) atoms. The average molecular weight is 673 g/mol. The van der Waals surface area contributed by atoms with Crippen LogP contribution >= 0.6 is 0 Å². The second kappa shape index (κ2) is 11.7. The molecule has 1 spiro atoms. The molecule has 10 rings (SSSR count). The van der Waals surface area contributed by atoms with E-state index in [-0.39, 0.29) is 0 Å². The summed E-state index contributed by atoms with van der Waals surface area (Å²) in [6.07, 6.45) is 3.68. The van der Waals surface area contributed by atoms with Crippen molar-refractivity contribution in [2.75, 3.05) is 0 Å². The number of rotatable bonds is 4. The van der Waals surface area contributed by atoms with Gasteiger partial charge in [-0.05, 0) is 56.6 Å². The first-order valence-corrected chi connectivity index (χ1v) is 18.9. The Morgan fingerprint density at radius 3 is 1.35 bits per heavy atom. The van der Waals surface area contributed by atoms with E-state index in [1.165, 1.54) is 15.6 Å². The van der Waals surface area contributed by atoms with E-state index in [1.807, 2.05) is 85.1 Å². The molecule has 2 aliphatic heterocycles. The molecule has 2 aliphatic rings. The molecule has 0 aliphatic carbocycles. The van der Waals surface area contributed by atoms with Crippen LogP contribution in [0.5, 0.6) is 23.0 Å². The van der Waals surface area contributed by atoms with Gasteiger partial charge in [0.05, 0.1) is 0 Å². The Morgan fingerprint density at radius 1 is 0.353 bits per heavy atom. The van der Waals surface area contributed by atoms with Crippen LogP contribution in [0.15, 0.2) is 170 Å². The number of pyridine rings is 1. The molecule has 8 aromatic rings. The lowest BCUT2D eigenvalue weighted by Crippen LogP contribution is -2.77. The largest absolute Gasteiger partial charge is 0.458 e. The molecule has 6 aromatic carbocycles. The van der Waals surface area contributed by atoms with Gasteiger partial charge < -0.3 is 9.47 Å². The molecular weight excluding hydrogens is 645 g/mol. The molecule has 6 nitrogen and oxygen atoms in total. The quantitative estimate of drug-likeness (QED) is 0.180. The van der Waals surface area contributed by atoms with E-state index in [0.717, 1.165) is 56.0 Å². The highest BCUT2D eigenvalue weighted by atomic mass is 28.3. The molecule has 240 valence electrons. The SMILES string of the molecule is c1ccc(-c2nc(-c3ccccc3)nc(-c3ccc4c(c3)Oc3ccccc3[Si]43c4ccccc4Oc4cc(-c5cccnc5)ccc43)n2)cc1. The molecule has 1 atom stereocenters. The van der Waals surface area contributed by atoms with Crippen molar-refractivity contribution in [1.82, 2.24) is 19.9 Å². The van der Waals surface area contributed by atoms with Gasteiger partial charge in [0.1, 0.15) is 23.0 Å². The smallest absolute Gasteiger partial charge is 0.196 e. The summed E-state index contributed by atoms with van der Waals surface area (Å²) in [5.74, 6) is 5.17. The molecule has 4 heterocycles. The number of benzene rings is 6. The molecule has 0 bridgehead atoms. The van der Waals surface area contributed by atoms with Crippen molar-refractivity contribution in [3.63, 3.8) is 0 Å². The van der Waals surface area contributed by atoms with Gasteiger partial charge in [0, 0.05) is 34.6 Å². The molecule has 2 aromatic heterocycles. The van der Waals surface area contributed by atoms with Crippen LogP contribution in [0.3, 0.4) is 0 Å². The standard InChI is InChI=1S/C44H28N4O2Si/c1-3-12-29(13-4-1)42-46-43(30-14-5-2-6-15-30)48-44(47-42)32-22-24-41-37(27-32)50-35-18-8-10-20-39(35)51(41)38-19-9-7-17-34(38)49-36-26-31(21-23-40(36)51)33-16-11-25-45-28-33/h1-28H. The second-order valence-electron chi connectivity index (χ2n) is 12.6. The van der Waals surface area contributed by atoms with Crippen LogP contribution in [0.2, 0.25) is 0 Å². The first-order chi connectivity index (χ1) is 25.3. The van der Waals surface area contributed by atoms with Crippen LogP contribution in [-0.2, 0) is 0 Å². The van der Waals surface area contributed by atoms with Crippen molar-refractivity contribution in [3.05, 3.63) is 170 Å². The molecular formula is C44H28N4O2Si. The molecule has 7 heteroatoms. The van der Waals surface area contributed by atoms with Gasteiger partial charge in [0.15, 0.2) is 25.5 Å². The van der Waals surface area contributed by atoms with Crippen molar-refractivity contribution in [3.8, 4) is 68.3 Å². The van der Waals surface area contributed by atoms with Crippen molar-refractivity contribution < 1.29 is 9.47 Å². The lowest BCUT2D eigenvalue weighted by molar-refractivity contribution is 0.482. The molecule has 0 amide bonds. The minimum atomic E-state index is -2.95. The third-order valence-corrected chi connectivity index (χ3v) is 14.6. The Balaban J connectivity index is 1.20. The van der Waals surface area contributed by atoms with Crippen molar-refractivity contribution in [2.45, 2.75) is 0 Å². The predicted octanol–water partition coefficient (Wildman–Crippen LogP) is 7.52. The Morgan fingerprint density at radius 2 is 0.804 bits per heavy atom. The van der Waals surface area contributed by atoms with Gasteiger partial charge in [-0.25, -0.2) is 15.0 Å². The molecule has 0 saturated carbocycles. The Hall–Kier alpha value is -6.70. The second-order valence-corrected chi connectivity index (χ2v) is 16.3. The van der Waals surface area contributed by atoms with Crippen LogP contribution in [0.4, 0.5) is 0 Å². The van der Waals surface area contributed by atoms with Crippen LogP contribution in [-0.4, -0.2) is 28.0 Å². The number of para-hydroxylation sites is 2. The van der Waals surface area contributed by atoms with Crippen LogP contribution in [0, 0.1) is 0 Å². The zero-order valence-electron chi connectivity index (χ0n) is 27.3. The molecule has 0 radical (unpaired) electrons. The van der Waals surface area contributed by atoms with Gasteiger partial charge in [0.2, 0.25) is 0 Å². The van der Waals surface area contributed by atoms with E-state index in [2.05, 4.69) is 83.8 Å². The zero-order chi connectivity index (χ0) is 33.8. The van der Waals surface area contributed by atoms with Gasteiger partial charge in [-0.2, -0.15) is 0 Å². The molecule has 0 fully saturated rings. The summed E-state index contributed by atoms with van der Waals surface area (Å²) in [6, 6.07) is 54.1. The summed E-state index contributed by atoms with van der Waals surface area (Å²) in [6.45, 7) is 0. The minimum Gasteiger partial charge on any atom is -0.458 e. The normalized spacial score (nSPS) is 15.1. The van der Waals surface area contributed by atoms with Crippen molar-refractivity contribution in [2.24, 2.45) is 0 Å². The third kappa shape index (κ3) is 4.70. The minimum absolute atomic E-state index is 0.581. The summed E-state index contributed by atoms with van der Waals surface area (Å²) < 4.78 is 13.6. The average Bonchev–Trinajstić information content (AvgIpc) is 3.21. The lowest BCUT2D eigenvalue weighted by Gasteiger charge is -2.43. The monoisotopic (exact) mass is 672 g/mol. The number of hydrogen-bond acceptors (Lipinski definition) is 6. The maximum absolute atomic E-state index is 6.83. The van der Waals surface area contributed by atoms with E-state index >= 15 is 0 Å². The van der Waals surface area contributed by atoms with Crippen LogP contribution < -0.4 is 30.2 Å². The van der Waals surface area contributed by atoms with E-state index in [1.54, 1.807) is 6.20 Å². The van der Waals surface area contributed by atoms with E-state index in [4.69, 9.17) is 24.4 Å². The summed E-state index contributed by atoms with van der Waals surface area (Å²) in [5, 5.41) is 4.71. The maximum Gasteiger partial charge on any atom is 0.196 e. The van der Waals surface area contributed by atoms with Crippen molar-refractivity contribution in [1.29, 1.82) is 0 Å². The summed E-state index contributed by atoms with van der Waals surface area (Å²) in [5.41, 5.74) is 4.79. The predicted molar refractivity (Wildman–Crippen MR) is 203 cm³/mol. The number of aromatic nitrogens is 4. The number of nitrogens with zero attached hydrogens (tertiary/aromatic N) is 4. The van der Waals surface area contributed by atoms with Gasteiger partial charge in [0.25, 0.3) is 0 Å². The fraction of sp³-hybridized carbons (Fsp3) is 0. The van der Waals surface area contributed by atoms with Gasteiger partial charge >= 0.3 is 0 Å². The topological polar surface area (TPSA) is 70.0 Å². The van der Waals surface area contributed by atoms with Crippen LogP contribution in [0.1, 0.15) is 0 Å². The summed E-state index contributed by atoms with van der Waals surface area (Å²) in [4.78, 5) is 19.3. The van der Waals surface area contributed by atoms with Gasteiger partial charge in [-0.1, -0.05) is 127 Å². The third-order valence-electron chi connectivity index (χ3n) is 9.75. The Labute approximate surface area is 295 Å². The van der Waals surface area contributed by atoms with Crippen molar-refractivity contribution >= 4 is 28.8 Å². The highest BCUT2D eigenvalue weighted by molar-refractivity contribution is 7.21. The molecule has 0 N–H and O–H groups in total.